The number of hydrogen-bond acceptors (Lipinski definition) is 4. The van der Waals surface area contributed by atoms with Gasteiger partial charge in [-0.15, -0.1) is 0 Å². The summed E-state index contributed by atoms with van der Waals surface area (Å²) in [5.74, 6) is -0.385. The molecule has 0 aliphatic rings. The van der Waals surface area contributed by atoms with Crippen molar-refractivity contribution < 1.29 is 8.78 Å². The summed E-state index contributed by atoms with van der Waals surface area (Å²) in [6.45, 7) is 5.76. The number of aromatic nitrogens is 5. The molecule has 0 aliphatic heterocycles. The second-order valence-corrected chi connectivity index (χ2v) is 8.49. The van der Waals surface area contributed by atoms with E-state index in [1.165, 1.54) is 12.1 Å². The van der Waals surface area contributed by atoms with E-state index in [-0.39, 0.29) is 11.3 Å². The normalized spacial score (nSPS) is 12.5. The monoisotopic (exact) mass is 482 g/mol. The molecule has 0 bridgehead atoms. The molecule has 0 radical (unpaired) electrons. The number of aromatic amines is 2. The van der Waals surface area contributed by atoms with Crippen LogP contribution in [0, 0.1) is 11.6 Å². The predicted octanol–water partition coefficient (Wildman–Crippen LogP) is 6.48. The Morgan fingerprint density at radius 1 is 1.06 bits per heavy atom. The van der Waals surface area contributed by atoms with Gasteiger partial charge < -0.3 is 9.88 Å². The van der Waals surface area contributed by atoms with Gasteiger partial charge in [-0.05, 0) is 60.5 Å². The minimum Gasteiger partial charge on any atom is -0.378 e. The lowest BCUT2D eigenvalue weighted by atomic mass is 10.0. The van der Waals surface area contributed by atoms with Crippen molar-refractivity contribution in [1.29, 1.82) is 0 Å². The minimum atomic E-state index is -0.451. The molecular weight excluding hydrogens is 458 g/mol. The van der Waals surface area contributed by atoms with Crippen molar-refractivity contribution in [2.24, 2.45) is 0 Å². The number of halogens is 2. The standard InChI is InChI=1S/C28H24F2N6/c1-5-16(13-18(6-2)36(3)4)17-14-20-24(22(30)15-17)34-35-26(20)28-32-23-11-12-31-25(27(23)33-28)19-9-7-8-10-21(19)29/h5-15H,2H2,1,3-4H3,(H,32,33)(H,34,35)/b16-5+,18-13+. The van der Waals surface area contributed by atoms with Crippen LogP contribution in [0.4, 0.5) is 8.78 Å². The van der Waals surface area contributed by atoms with Crippen molar-refractivity contribution in [3.63, 3.8) is 0 Å². The zero-order valence-corrected chi connectivity index (χ0v) is 20.1. The maximum atomic E-state index is 15.1. The van der Waals surface area contributed by atoms with Crippen molar-refractivity contribution in [2.75, 3.05) is 14.1 Å². The molecule has 2 N–H and O–H groups in total. The fraction of sp³-hybridized carbons (Fsp3) is 0.107. The van der Waals surface area contributed by atoms with Crippen LogP contribution >= 0.6 is 0 Å². The SMILES string of the molecule is C=C/C(=C\C(=C/C)c1cc(F)c2n[nH]c(-c3nc4c(-c5ccccc5F)nccc4[nH]3)c2c1)N(C)C. The summed E-state index contributed by atoms with van der Waals surface area (Å²) in [6.07, 6.45) is 7.21. The Balaban J connectivity index is 1.67. The van der Waals surface area contributed by atoms with E-state index in [9.17, 15) is 4.39 Å². The molecule has 0 atom stereocenters. The molecule has 180 valence electrons. The highest BCUT2D eigenvalue weighted by atomic mass is 19.1. The molecule has 6 nitrogen and oxygen atoms in total. The summed E-state index contributed by atoms with van der Waals surface area (Å²) in [5, 5.41) is 7.69. The Labute approximate surface area is 206 Å². The second-order valence-electron chi connectivity index (χ2n) is 8.49. The lowest BCUT2D eigenvalue weighted by Crippen LogP contribution is -2.09. The lowest BCUT2D eigenvalue weighted by molar-refractivity contribution is 0.530. The van der Waals surface area contributed by atoms with Crippen molar-refractivity contribution in [2.45, 2.75) is 6.92 Å². The first-order valence-corrected chi connectivity index (χ1v) is 11.4. The smallest absolute Gasteiger partial charge is 0.157 e. The van der Waals surface area contributed by atoms with Gasteiger partial charge in [0.05, 0.1) is 5.52 Å². The van der Waals surface area contributed by atoms with Gasteiger partial charge in [0, 0.05) is 36.9 Å². The molecule has 3 aromatic heterocycles. The Morgan fingerprint density at radius 3 is 2.58 bits per heavy atom. The van der Waals surface area contributed by atoms with Crippen LogP contribution in [0.1, 0.15) is 12.5 Å². The van der Waals surface area contributed by atoms with Gasteiger partial charge in [-0.1, -0.05) is 24.8 Å². The highest BCUT2D eigenvalue weighted by Gasteiger charge is 2.19. The van der Waals surface area contributed by atoms with Gasteiger partial charge in [0.15, 0.2) is 11.6 Å². The van der Waals surface area contributed by atoms with Gasteiger partial charge >= 0.3 is 0 Å². The Morgan fingerprint density at radius 2 is 1.86 bits per heavy atom. The third-order valence-electron chi connectivity index (χ3n) is 6.05. The average Bonchev–Trinajstić information content (AvgIpc) is 3.49. The van der Waals surface area contributed by atoms with Gasteiger partial charge in [-0.3, -0.25) is 10.1 Å². The van der Waals surface area contributed by atoms with Crippen molar-refractivity contribution in [3.05, 3.63) is 96.4 Å². The largest absolute Gasteiger partial charge is 0.378 e. The van der Waals surface area contributed by atoms with Crippen LogP contribution in [0.3, 0.4) is 0 Å². The maximum absolute atomic E-state index is 15.1. The highest BCUT2D eigenvalue weighted by Crippen LogP contribution is 2.33. The van der Waals surface area contributed by atoms with Crippen molar-refractivity contribution in [3.8, 4) is 22.8 Å². The first-order chi connectivity index (χ1) is 17.4. The lowest BCUT2D eigenvalue weighted by Gasteiger charge is -2.14. The number of rotatable bonds is 6. The molecule has 0 unspecified atom stereocenters. The highest BCUT2D eigenvalue weighted by molar-refractivity contribution is 5.97. The first kappa shape index (κ1) is 23.2. The number of nitrogens with zero attached hydrogens (tertiary/aromatic N) is 4. The molecule has 0 amide bonds. The number of nitrogens with one attached hydrogen (secondary N) is 2. The molecule has 3 heterocycles. The molecule has 5 rings (SSSR count). The number of fused-ring (bicyclic) bond motifs is 2. The van der Waals surface area contributed by atoms with E-state index in [0.717, 1.165) is 11.3 Å². The number of allylic oxidation sites excluding steroid dienone is 4. The van der Waals surface area contributed by atoms with Gasteiger partial charge in [-0.2, -0.15) is 5.10 Å². The zero-order chi connectivity index (χ0) is 25.4. The van der Waals surface area contributed by atoms with Crippen molar-refractivity contribution in [1.82, 2.24) is 30.0 Å². The number of H-pyrrole nitrogens is 2. The molecule has 36 heavy (non-hydrogen) atoms. The summed E-state index contributed by atoms with van der Waals surface area (Å²) in [4.78, 5) is 14.3. The number of imidazole rings is 1. The van der Waals surface area contributed by atoms with E-state index in [1.807, 2.05) is 44.1 Å². The second kappa shape index (κ2) is 9.22. The fourth-order valence-corrected chi connectivity index (χ4v) is 4.19. The molecule has 0 aliphatic carbocycles. The molecule has 2 aromatic carbocycles. The van der Waals surface area contributed by atoms with Gasteiger partial charge in [-0.25, -0.2) is 13.8 Å². The topological polar surface area (TPSA) is 73.5 Å². The van der Waals surface area contributed by atoms with E-state index < -0.39 is 5.82 Å². The third-order valence-corrected chi connectivity index (χ3v) is 6.05. The molecular formula is C28H24F2N6. The first-order valence-electron chi connectivity index (χ1n) is 11.4. The van der Waals surface area contributed by atoms with Gasteiger partial charge in [0.1, 0.15) is 28.2 Å². The Kier molecular flexibility index (Phi) is 5.93. The van der Waals surface area contributed by atoms with Gasteiger partial charge in [0.2, 0.25) is 0 Å². The number of likely N-dealkylation sites (N-methyl/N-ethyl adjacent to an activating group) is 1. The van der Waals surface area contributed by atoms with E-state index in [4.69, 9.17) is 4.98 Å². The van der Waals surface area contributed by atoms with Crippen LogP contribution in [0.25, 0.3) is 50.3 Å². The van der Waals surface area contributed by atoms with Crippen LogP contribution in [0.5, 0.6) is 0 Å². The Bertz CT molecular complexity index is 1670. The van der Waals surface area contributed by atoms with Gasteiger partial charge in [0.25, 0.3) is 0 Å². The molecule has 5 aromatic rings. The molecule has 0 spiro atoms. The summed E-state index contributed by atoms with van der Waals surface area (Å²) < 4.78 is 29.6. The van der Waals surface area contributed by atoms with Crippen LogP contribution < -0.4 is 0 Å². The number of pyridine rings is 1. The van der Waals surface area contributed by atoms with Crippen LogP contribution in [0.15, 0.2) is 79.2 Å². The summed E-state index contributed by atoms with van der Waals surface area (Å²) in [6, 6.07) is 11.5. The van der Waals surface area contributed by atoms with E-state index in [2.05, 4.69) is 26.7 Å². The third kappa shape index (κ3) is 3.96. The quantitative estimate of drug-likeness (QED) is 0.272. The molecule has 0 saturated heterocycles. The summed E-state index contributed by atoms with van der Waals surface area (Å²) in [7, 11) is 3.84. The zero-order valence-electron chi connectivity index (χ0n) is 20.1. The van der Waals surface area contributed by atoms with Crippen LogP contribution in [-0.2, 0) is 0 Å². The van der Waals surface area contributed by atoms with Crippen LogP contribution in [-0.4, -0.2) is 44.1 Å². The van der Waals surface area contributed by atoms with E-state index >= 15 is 4.39 Å². The van der Waals surface area contributed by atoms with E-state index in [0.29, 0.717) is 44.8 Å². The molecule has 0 fully saturated rings. The Hall–Kier alpha value is -4.59. The average molecular weight is 483 g/mol. The maximum Gasteiger partial charge on any atom is 0.157 e. The molecule has 0 saturated carbocycles. The summed E-state index contributed by atoms with van der Waals surface area (Å²) >= 11 is 0. The minimum absolute atomic E-state index is 0.206. The predicted molar refractivity (Wildman–Crippen MR) is 140 cm³/mol. The van der Waals surface area contributed by atoms with Crippen molar-refractivity contribution >= 4 is 27.5 Å². The number of hydrogen-bond donors (Lipinski definition) is 2. The van der Waals surface area contributed by atoms with Crippen LogP contribution in [0.2, 0.25) is 0 Å². The summed E-state index contributed by atoms with van der Waals surface area (Å²) in [5.41, 5.74) is 5.11. The molecule has 8 heteroatoms. The van der Waals surface area contributed by atoms with E-state index in [1.54, 1.807) is 36.5 Å². The fourth-order valence-electron chi connectivity index (χ4n) is 4.19. The number of benzene rings is 2.